The molecule has 2 bridgehead atoms. The van der Waals surface area contributed by atoms with Gasteiger partial charge in [0.15, 0.2) is 6.10 Å². The van der Waals surface area contributed by atoms with E-state index < -0.39 is 47.9 Å². The minimum atomic E-state index is -1.10. The lowest BCUT2D eigenvalue weighted by Gasteiger charge is -2.38. The number of rotatable bonds is 4. The molecule has 0 saturated carbocycles. The molecule has 0 unspecified atom stereocenters. The molecule has 1 aromatic heterocycles. The lowest BCUT2D eigenvalue weighted by atomic mass is 10.0. The maximum atomic E-state index is 13.5. The van der Waals surface area contributed by atoms with E-state index >= 15 is 0 Å². The topological polar surface area (TPSA) is 203 Å². The number of carboxylic acid groups (broad SMARTS) is 1. The van der Waals surface area contributed by atoms with Gasteiger partial charge in [-0.1, -0.05) is 44.2 Å². The summed E-state index contributed by atoms with van der Waals surface area (Å²) in [5.74, 6) is -2.59. The highest BCUT2D eigenvalue weighted by atomic mass is 16.5. The van der Waals surface area contributed by atoms with Gasteiger partial charge in [-0.3, -0.25) is 33.9 Å². The zero-order chi connectivity index (χ0) is 31.5. The highest BCUT2D eigenvalue weighted by Crippen LogP contribution is 2.16. The van der Waals surface area contributed by atoms with Gasteiger partial charge >= 0.3 is 0 Å². The molecule has 232 valence electrons. The van der Waals surface area contributed by atoms with Crippen LogP contribution in [0.15, 0.2) is 42.7 Å². The Kier molecular flexibility index (Phi) is 11.8. The van der Waals surface area contributed by atoms with Gasteiger partial charge in [-0.15, -0.1) is 0 Å². The van der Waals surface area contributed by atoms with Crippen LogP contribution in [0, 0.1) is 5.92 Å². The van der Waals surface area contributed by atoms with E-state index in [0.717, 1.165) is 5.56 Å². The largest absolute Gasteiger partial charge is 0.483 e. The lowest BCUT2D eigenvalue weighted by Crippen LogP contribution is -2.59. The van der Waals surface area contributed by atoms with Gasteiger partial charge in [0, 0.05) is 32.8 Å². The van der Waals surface area contributed by atoms with Crippen molar-refractivity contribution in [3.8, 4) is 0 Å². The number of fused-ring (bicyclic) bond motifs is 2. The van der Waals surface area contributed by atoms with Gasteiger partial charge in [0.05, 0.1) is 31.0 Å². The summed E-state index contributed by atoms with van der Waals surface area (Å²) in [7, 11) is 1.47. The van der Waals surface area contributed by atoms with Crippen molar-refractivity contribution in [2.45, 2.75) is 44.6 Å². The van der Waals surface area contributed by atoms with Crippen LogP contribution in [-0.2, 0) is 35.1 Å². The number of H-pyrrole nitrogens is 1. The maximum Gasteiger partial charge on any atom is 0.290 e. The van der Waals surface area contributed by atoms with Crippen molar-refractivity contribution >= 4 is 36.0 Å². The van der Waals surface area contributed by atoms with E-state index in [0.29, 0.717) is 5.56 Å². The van der Waals surface area contributed by atoms with Crippen LogP contribution in [0.5, 0.6) is 0 Å². The molecule has 2 aliphatic rings. The molecule has 2 fully saturated rings. The Balaban J connectivity index is 0.00000162. The van der Waals surface area contributed by atoms with Crippen LogP contribution in [-0.4, -0.2) is 119 Å². The number of aromatic nitrogens is 2. The zero-order valence-corrected chi connectivity index (χ0v) is 24.2. The number of carbonyl (C=O) groups excluding carboxylic acids is 5. The summed E-state index contributed by atoms with van der Waals surface area (Å²) in [5, 5.41) is 21.6. The fraction of sp³-hybridized carbons (Fsp3) is 0.464. The minimum absolute atomic E-state index is 0.00312. The number of nitrogens with one attached hydrogen (secondary N) is 4. The average Bonchev–Trinajstić information content (AvgIpc) is 3.53. The molecule has 4 atom stereocenters. The number of hydrogen-bond acceptors (Lipinski definition) is 8. The molecular weight excluding hydrogens is 562 g/mol. The summed E-state index contributed by atoms with van der Waals surface area (Å²) < 4.78 is 6.04. The Labute approximate surface area is 248 Å². The van der Waals surface area contributed by atoms with Gasteiger partial charge in [0.2, 0.25) is 17.7 Å². The zero-order valence-electron chi connectivity index (χ0n) is 24.2. The molecular formula is C28H37N7O8. The molecule has 3 heterocycles. The summed E-state index contributed by atoms with van der Waals surface area (Å²) in [6.45, 7) is 3.10. The second kappa shape index (κ2) is 15.4. The summed E-state index contributed by atoms with van der Waals surface area (Å²) in [4.78, 5) is 77.1. The van der Waals surface area contributed by atoms with E-state index in [9.17, 15) is 24.0 Å². The molecule has 5 N–H and O–H groups in total. The fourth-order valence-corrected chi connectivity index (χ4v) is 4.76. The Morgan fingerprint density at radius 2 is 1.81 bits per heavy atom. The molecule has 1 aromatic carbocycles. The Hall–Kier alpha value is -4.79. The first-order chi connectivity index (χ1) is 20.5. The molecule has 0 radical (unpaired) electrons. The minimum Gasteiger partial charge on any atom is -0.483 e. The van der Waals surface area contributed by atoms with Crippen LogP contribution in [0.25, 0.3) is 0 Å². The fourth-order valence-electron chi connectivity index (χ4n) is 4.76. The highest BCUT2D eigenvalue weighted by Gasteiger charge is 2.38. The molecule has 15 nitrogen and oxygen atoms in total. The van der Waals surface area contributed by atoms with E-state index in [-0.39, 0.29) is 50.9 Å². The van der Waals surface area contributed by atoms with Crippen molar-refractivity contribution < 1.29 is 38.6 Å². The average molecular weight is 600 g/mol. The third-order valence-corrected chi connectivity index (χ3v) is 6.92. The number of likely N-dealkylation sites (N-methyl/N-ethyl adjacent to an activating group) is 1. The predicted octanol–water partition coefficient (Wildman–Crippen LogP) is -1.22. The van der Waals surface area contributed by atoms with E-state index in [4.69, 9.17) is 14.6 Å². The van der Waals surface area contributed by atoms with Crippen molar-refractivity contribution in [1.82, 2.24) is 35.9 Å². The summed E-state index contributed by atoms with van der Waals surface area (Å²) >= 11 is 0. The lowest BCUT2D eigenvalue weighted by molar-refractivity contribution is -0.148. The van der Waals surface area contributed by atoms with Crippen LogP contribution in [0.2, 0.25) is 0 Å². The molecule has 2 aromatic rings. The number of aromatic amines is 1. The van der Waals surface area contributed by atoms with E-state index in [2.05, 4.69) is 26.1 Å². The third-order valence-electron chi connectivity index (χ3n) is 6.92. The first-order valence-electron chi connectivity index (χ1n) is 13.7. The van der Waals surface area contributed by atoms with Gasteiger partial charge in [-0.25, -0.2) is 0 Å². The van der Waals surface area contributed by atoms with Crippen LogP contribution < -0.4 is 16.0 Å². The standard InChI is InChI=1S/C27H35N7O6.CH2O2/c1-16(2)23-25(37)28-12-19-13-34(26(38)18-10-29-30-11-18)14-21(40-19)24(36)31-20(9-17-7-5-4-6-8-17)27(39)33(3)15-22(35)32-23;2-1-3/h4-8,10-11,16,19-21,23H,9,12-15H2,1-3H3,(H,28,37)(H,29,30)(H,31,36)(H,32,35);1H,(H,2,3)/t19-,20+,21+,23-;/m0./s1. The summed E-state index contributed by atoms with van der Waals surface area (Å²) in [6, 6.07) is 7.32. The van der Waals surface area contributed by atoms with E-state index in [1.165, 1.54) is 29.2 Å². The van der Waals surface area contributed by atoms with Crippen LogP contribution in [0.4, 0.5) is 0 Å². The van der Waals surface area contributed by atoms with Gasteiger partial charge in [-0.05, 0) is 11.5 Å². The van der Waals surface area contributed by atoms with Gasteiger partial charge < -0.3 is 35.6 Å². The first kappa shape index (κ1) is 32.7. The van der Waals surface area contributed by atoms with Crippen molar-refractivity contribution in [3.63, 3.8) is 0 Å². The second-order valence-electron chi connectivity index (χ2n) is 10.5. The third kappa shape index (κ3) is 9.10. The molecule has 0 spiro atoms. The van der Waals surface area contributed by atoms with Crippen molar-refractivity contribution in [3.05, 3.63) is 53.9 Å². The normalized spacial score (nSPS) is 23.5. The second-order valence-corrected chi connectivity index (χ2v) is 10.5. The molecule has 2 aliphatic heterocycles. The van der Waals surface area contributed by atoms with Crippen LogP contribution >= 0.6 is 0 Å². The van der Waals surface area contributed by atoms with Gasteiger partial charge in [-0.2, -0.15) is 5.10 Å². The predicted molar refractivity (Wildman–Crippen MR) is 151 cm³/mol. The summed E-state index contributed by atoms with van der Waals surface area (Å²) in [6.07, 6.45) is 1.20. The SMILES string of the molecule is CC(C)[C@@H]1NC(=O)CN(C)C(=O)[C@@H](Cc2ccccc2)NC(=O)[C@H]2CN(C(=O)c3cn[nH]c3)C[C@H](CNC1=O)O2.O=CO. The quantitative estimate of drug-likeness (QED) is 0.267. The van der Waals surface area contributed by atoms with Crippen LogP contribution in [0.1, 0.15) is 29.8 Å². The number of amides is 5. The summed E-state index contributed by atoms with van der Waals surface area (Å²) in [5.41, 5.74) is 1.13. The molecule has 5 amide bonds. The number of benzene rings is 1. The Morgan fingerprint density at radius 1 is 1.12 bits per heavy atom. The molecule has 0 aliphatic carbocycles. The number of ether oxygens (including phenoxy) is 1. The number of hydrogen-bond donors (Lipinski definition) is 5. The molecule has 4 rings (SSSR count). The van der Waals surface area contributed by atoms with Crippen molar-refractivity contribution in [1.29, 1.82) is 0 Å². The number of carbonyl (C=O) groups is 6. The van der Waals surface area contributed by atoms with Gasteiger partial charge in [0.25, 0.3) is 18.3 Å². The monoisotopic (exact) mass is 599 g/mol. The molecule has 43 heavy (non-hydrogen) atoms. The molecule has 15 heteroatoms. The van der Waals surface area contributed by atoms with Crippen LogP contribution in [0.3, 0.4) is 0 Å². The maximum absolute atomic E-state index is 13.5. The Morgan fingerprint density at radius 3 is 2.44 bits per heavy atom. The Bertz CT molecular complexity index is 1270. The number of morpholine rings is 1. The highest BCUT2D eigenvalue weighted by molar-refractivity contribution is 5.95. The van der Waals surface area contributed by atoms with Crippen molar-refractivity contribution in [2.75, 3.05) is 33.2 Å². The van der Waals surface area contributed by atoms with E-state index in [1.54, 1.807) is 13.8 Å². The first-order valence-corrected chi connectivity index (χ1v) is 13.7. The van der Waals surface area contributed by atoms with Crippen molar-refractivity contribution in [2.24, 2.45) is 5.92 Å². The number of nitrogens with zero attached hydrogens (tertiary/aromatic N) is 3. The molecule has 2 saturated heterocycles. The van der Waals surface area contributed by atoms with E-state index in [1.807, 2.05) is 30.3 Å². The smallest absolute Gasteiger partial charge is 0.290 e. The van der Waals surface area contributed by atoms with Gasteiger partial charge in [0.1, 0.15) is 12.1 Å².